The van der Waals surface area contributed by atoms with Crippen LogP contribution in [-0.2, 0) is 6.54 Å². The van der Waals surface area contributed by atoms with Crippen LogP contribution in [0.25, 0.3) is 22.2 Å². The van der Waals surface area contributed by atoms with Gasteiger partial charge in [0.25, 0.3) is 5.91 Å². The molecule has 6 nitrogen and oxygen atoms in total. The van der Waals surface area contributed by atoms with E-state index in [0.717, 1.165) is 22.3 Å². The van der Waals surface area contributed by atoms with Crippen molar-refractivity contribution in [2.75, 3.05) is 0 Å². The van der Waals surface area contributed by atoms with E-state index in [0.29, 0.717) is 22.6 Å². The molecule has 0 saturated heterocycles. The van der Waals surface area contributed by atoms with Gasteiger partial charge in [0, 0.05) is 16.0 Å². The highest BCUT2D eigenvalue weighted by molar-refractivity contribution is 6.32. The van der Waals surface area contributed by atoms with Crippen LogP contribution in [0.2, 0.25) is 5.02 Å². The van der Waals surface area contributed by atoms with Gasteiger partial charge in [-0.05, 0) is 12.1 Å². The maximum atomic E-state index is 11.8. The van der Waals surface area contributed by atoms with Crippen LogP contribution >= 0.6 is 11.6 Å². The summed E-state index contributed by atoms with van der Waals surface area (Å²) in [5.41, 5.74) is 8.97. The van der Waals surface area contributed by atoms with Crippen molar-refractivity contribution < 1.29 is 4.79 Å². The maximum absolute atomic E-state index is 11.8. The number of nitrogens with two attached hydrogens (primary N) is 1. The SMILES string of the molecule is NC(=O)c1cc(Cl)cc2cnn(Cc3cnc(-c4ccccc4)cn3)c12. The molecule has 0 fully saturated rings. The van der Waals surface area contributed by atoms with E-state index in [-0.39, 0.29) is 0 Å². The third-order valence-electron chi connectivity index (χ3n) is 4.05. The number of amides is 1. The fourth-order valence-corrected chi connectivity index (χ4v) is 3.08. The Labute approximate surface area is 154 Å². The van der Waals surface area contributed by atoms with E-state index in [1.54, 1.807) is 35.4 Å². The van der Waals surface area contributed by atoms with E-state index < -0.39 is 5.91 Å². The molecule has 0 saturated carbocycles. The molecule has 0 bridgehead atoms. The highest BCUT2D eigenvalue weighted by Gasteiger charge is 2.14. The van der Waals surface area contributed by atoms with Crippen molar-refractivity contribution in [1.29, 1.82) is 0 Å². The molecule has 0 aliphatic heterocycles. The van der Waals surface area contributed by atoms with Gasteiger partial charge in [-0.2, -0.15) is 5.10 Å². The molecule has 26 heavy (non-hydrogen) atoms. The Morgan fingerprint density at radius 1 is 1.08 bits per heavy atom. The second-order valence-electron chi connectivity index (χ2n) is 5.82. The molecule has 0 unspecified atom stereocenters. The molecule has 2 N–H and O–H groups in total. The highest BCUT2D eigenvalue weighted by Crippen LogP contribution is 2.24. The monoisotopic (exact) mass is 363 g/mol. The number of carbonyl (C=O) groups excluding carboxylic acids is 1. The molecule has 0 aliphatic rings. The number of carbonyl (C=O) groups is 1. The number of halogens is 1. The number of fused-ring (bicyclic) bond motifs is 1. The van der Waals surface area contributed by atoms with Gasteiger partial charge in [-0.1, -0.05) is 41.9 Å². The minimum absolute atomic E-state index is 0.332. The Morgan fingerprint density at radius 2 is 1.88 bits per heavy atom. The van der Waals surface area contributed by atoms with Crippen molar-refractivity contribution in [3.05, 3.63) is 77.3 Å². The molecule has 4 rings (SSSR count). The fourth-order valence-electron chi connectivity index (χ4n) is 2.85. The summed E-state index contributed by atoms with van der Waals surface area (Å²) in [6.07, 6.45) is 5.08. The number of primary amides is 1. The minimum atomic E-state index is -0.551. The van der Waals surface area contributed by atoms with E-state index in [2.05, 4.69) is 15.1 Å². The number of aromatic nitrogens is 4. The molecule has 0 aliphatic carbocycles. The number of rotatable bonds is 4. The second-order valence-corrected chi connectivity index (χ2v) is 6.25. The predicted octanol–water partition coefficient (Wildman–Crippen LogP) is 3.29. The summed E-state index contributed by atoms with van der Waals surface area (Å²) in [5.74, 6) is -0.551. The summed E-state index contributed by atoms with van der Waals surface area (Å²) in [5, 5.41) is 5.53. The van der Waals surface area contributed by atoms with E-state index in [1.807, 2.05) is 30.3 Å². The molecule has 0 spiro atoms. The predicted molar refractivity (Wildman–Crippen MR) is 99.8 cm³/mol. The molecule has 1 amide bonds. The molecule has 4 aromatic rings. The molecule has 2 heterocycles. The van der Waals surface area contributed by atoms with Crippen LogP contribution < -0.4 is 5.73 Å². The smallest absolute Gasteiger partial charge is 0.250 e. The highest BCUT2D eigenvalue weighted by atomic mass is 35.5. The minimum Gasteiger partial charge on any atom is -0.366 e. The Morgan fingerprint density at radius 3 is 2.58 bits per heavy atom. The number of nitrogens with zero attached hydrogens (tertiary/aromatic N) is 4. The van der Waals surface area contributed by atoms with Crippen LogP contribution in [-0.4, -0.2) is 25.7 Å². The molecular weight excluding hydrogens is 350 g/mol. The Hall–Kier alpha value is -3.25. The number of hydrogen-bond acceptors (Lipinski definition) is 4. The lowest BCUT2D eigenvalue weighted by molar-refractivity contribution is 0.100. The van der Waals surface area contributed by atoms with Crippen LogP contribution in [0, 0.1) is 0 Å². The lowest BCUT2D eigenvalue weighted by Gasteiger charge is -2.07. The second kappa shape index (κ2) is 6.57. The summed E-state index contributed by atoms with van der Waals surface area (Å²) in [4.78, 5) is 20.7. The Bertz CT molecular complexity index is 1090. The first-order valence-electron chi connectivity index (χ1n) is 7.93. The van der Waals surface area contributed by atoms with Gasteiger partial charge in [-0.25, -0.2) is 0 Å². The van der Waals surface area contributed by atoms with Crippen LogP contribution in [0.5, 0.6) is 0 Å². The van der Waals surface area contributed by atoms with Gasteiger partial charge >= 0.3 is 0 Å². The van der Waals surface area contributed by atoms with Crippen molar-refractivity contribution in [2.45, 2.75) is 6.54 Å². The van der Waals surface area contributed by atoms with Crippen LogP contribution in [0.1, 0.15) is 16.1 Å². The first-order chi connectivity index (χ1) is 12.6. The van der Waals surface area contributed by atoms with Gasteiger partial charge in [0.15, 0.2) is 0 Å². The number of benzene rings is 2. The molecule has 0 atom stereocenters. The molecule has 2 aromatic heterocycles. The first-order valence-corrected chi connectivity index (χ1v) is 8.31. The van der Waals surface area contributed by atoms with Crippen LogP contribution in [0.3, 0.4) is 0 Å². The zero-order valence-corrected chi connectivity index (χ0v) is 14.4. The van der Waals surface area contributed by atoms with Crippen LogP contribution in [0.4, 0.5) is 0 Å². The third-order valence-corrected chi connectivity index (χ3v) is 4.27. The maximum Gasteiger partial charge on any atom is 0.250 e. The number of hydrogen-bond donors (Lipinski definition) is 1. The summed E-state index contributed by atoms with van der Waals surface area (Å²) in [6.45, 7) is 0.369. The Balaban J connectivity index is 1.69. The van der Waals surface area contributed by atoms with E-state index in [4.69, 9.17) is 17.3 Å². The summed E-state index contributed by atoms with van der Waals surface area (Å²) < 4.78 is 1.68. The lowest BCUT2D eigenvalue weighted by atomic mass is 10.1. The van der Waals surface area contributed by atoms with Crippen molar-refractivity contribution in [2.24, 2.45) is 5.73 Å². The van der Waals surface area contributed by atoms with E-state index in [1.165, 1.54) is 0 Å². The summed E-state index contributed by atoms with van der Waals surface area (Å²) in [7, 11) is 0. The fraction of sp³-hybridized carbons (Fsp3) is 0.0526. The van der Waals surface area contributed by atoms with Gasteiger partial charge in [0.1, 0.15) is 0 Å². The average Bonchev–Trinajstić information content (AvgIpc) is 3.04. The standard InChI is InChI=1S/C19H14ClN5O/c20-14-6-13-8-24-25(18(13)16(7-14)19(21)26)11-15-9-23-17(10-22-15)12-4-2-1-3-5-12/h1-10H,11H2,(H2,21,26). The molecule has 0 radical (unpaired) electrons. The topological polar surface area (TPSA) is 86.7 Å². The molecular formula is C19H14ClN5O. The summed E-state index contributed by atoms with van der Waals surface area (Å²) >= 11 is 6.05. The van der Waals surface area contributed by atoms with Crippen molar-refractivity contribution in [3.8, 4) is 11.3 Å². The van der Waals surface area contributed by atoms with Gasteiger partial charge in [-0.15, -0.1) is 0 Å². The quantitative estimate of drug-likeness (QED) is 0.602. The van der Waals surface area contributed by atoms with Gasteiger partial charge in [0.05, 0.1) is 47.6 Å². The van der Waals surface area contributed by atoms with Gasteiger partial charge in [-0.3, -0.25) is 19.4 Å². The molecule has 7 heteroatoms. The van der Waals surface area contributed by atoms with E-state index in [9.17, 15) is 4.79 Å². The zero-order chi connectivity index (χ0) is 18.1. The normalized spacial score (nSPS) is 11.0. The molecule has 128 valence electrons. The lowest BCUT2D eigenvalue weighted by Crippen LogP contribution is -2.14. The largest absolute Gasteiger partial charge is 0.366 e. The Kier molecular flexibility index (Phi) is 4.10. The van der Waals surface area contributed by atoms with Gasteiger partial charge in [0.2, 0.25) is 0 Å². The first kappa shape index (κ1) is 16.2. The zero-order valence-electron chi connectivity index (χ0n) is 13.6. The third kappa shape index (κ3) is 3.02. The average molecular weight is 364 g/mol. The van der Waals surface area contributed by atoms with Crippen LogP contribution in [0.15, 0.2) is 61.1 Å². The van der Waals surface area contributed by atoms with Crippen molar-refractivity contribution in [3.63, 3.8) is 0 Å². The summed E-state index contributed by atoms with van der Waals surface area (Å²) in [6, 6.07) is 13.1. The van der Waals surface area contributed by atoms with Crippen molar-refractivity contribution in [1.82, 2.24) is 19.7 Å². The van der Waals surface area contributed by atoms with Gasteiger partial charge < -0.3 is 5.73 Å². The molecule has 2 aromatic carbocycles. The van der Waals surface area contributed by atoms with Crippen molar-refractivity contribution >= 4 is 28.4 Å². The van der Waals surface area contributed by atoms with E-state index >= 15 is 0 Å².